The number of fused-ring (bicyclic) bond motifs is 8. The number of unbranched alkanes of at least 4 members (excludes halogenated alkanes) is 2. The van der Waals surface area contributed by atoms with Gasteiger partial charge in [-0.05, 0) is 138 Å². The smallest absolute Gasteiger partial charge is 0.341 e. The van der Waals surface area contributed by atoms with Crippen LogP contribution >= 0.6 is 23.2 Å². The molecule has 414 valence electrons. The molecule has 1 spiro atoms. The third-order valence-electron chi connectivity index (χ3n) is 17.1. The van der Waals surface area contributed by atoms with E-state index in [0.29, 0.717) is 53.1 Å². The van der Waals surface area contributed by atoms with Crippen LogP contribution in [0.25, 0.3) is 11.1 Å². The molecule has 80 heavy (non-hydrogen) atoms. The van der Waals surface area contributed by atoms with Crippen molar-refractivity contribution in [1.82, 2.24) is 0 Å². The minimum Gasteiger partial charge on any atom is -0.497 e. The summed E-state index contributed by atoms with van der Waals surface area (Å²) in [5.41, 5.74) is 7.46. The van der Waals surface area contributed by atoms with E-state index in [9.17, 15) is 19.5 Å². The summed E-state index contributed by atoms with van der Waals surface area (Å²) in [7, 11) is 3.28. The molecule has 11 nitrogen and oxygen atoms in total. The Hall–Kier alpha value is -6.89. The summed E-state index contributed by atoms with van der Waals surface area (Å²) in [5.74, 6) is 1.15. The van der Waals surface area contributed by atoms with E-state index in [4.69, 9.17) is 46.9 Å². The fourth-order valence-corrected chi connectivity index (χ4v) is 14.2. The van der Waals surface area contributed by atoms with Gasteiger partial charge in [0.25, 0.3) is 0 Å². The van der Waals surface area contributed by atoms with Crippen molar-refractivity contribution in [2.75, 3.05) is 43.8 Å². The molecular weight excluding hydrogens is 1050 g/mol. The lowest BCUT2D eigenvalue weighted by Gasteiger charge is -2.48. The van der Waals surface area contributed by atoms with Crippen LogP contribution < -0.4 is 24.0 Å². The number of aliphatic hydroxyl groups is 1. The molecule has 0 aliphatic carbocycles. The number of carbonyl (C=O) groups excluding carboxylic acids is 3. The van der Waals surface area contributed by atoms with E-state index in [0.717, 1.165) is 87.5 Å². The van der Waals surface area contributed by atoms with E-state index in [1.54, 1.807) is 32.1 Å². The Morgan fingerprint density at radius 3 is 2.05 bits per heavy atom. The molecule has 6 aromatic carbocycles. The fraction of sp³-hybridized carbons (Fsp3) is 0.358. The van der Waals surface area contributed by atoms with E-state index >= 15 is 0 Å². The number of halogens is 2. The van der Waals surface area contributed by atoms with Crippen molar-refractivity contribution in [3.05, 3.63) is 187 Å². The summed E-state index contributed by atoms with van der Waals surface area (Å²) in [6.45, 7) is 15.2. The summed E-state index contributed by atoms with van der Waals surface area (Å²) in [6.07, 6.45) is 8.67. The zero-order valence-corrected chi connectivity index (χ0v) is 48.5. The number of ether oxygens (including phenoxy) is 5. The number of ketones is 1. The average molecular weight is 1120 g/mol. The largest absolute Gasteiger partial charge is 0.497 e. The Balaban J connectivity index is 0.886. The molecule has 0 fully saturated rings. The van der Waals surface area contributed by atoms with Gasteiger partial charge in [-0.25, -0.2) is 4.79 Å². The standard InChI is InChI=1S/C67H68Cl2N2O9/c1-39-36-65(6,7)71(41(3)73)55-34-57-52(31-49(39)55)67(53-32-50-40(2)35-64(4,5)70-30-16-20-48(61(50)70)62(53)79-57)59-54(68)33-51(60(69)58(59)63(75)80-67)56(74)21-15-10-12-17-42(37-72)38-78-66(43-18-13-11-14-19-43,44-22-26-46(76-8)27-23-44)45-24-28-47(77-9)29-25-45/h11,13-14,18-19,22-29,31-36,42,72H,10,12,15-17,20-21,30,37-38H2,1-9H3. The molecule has 0 radical (unpaired) electrons. The van der Waals surface area contributed by atoms with Gasteiger partial charge in [0.05, 0.1) is 58.9 Å². The van der Waals surface area contributed by atoms with Crippen molar-refractivity contribution in [2.24, 2.45) is 5.92 Å². The van der Waals surface area contributed by atoms with Crippen molar-refractivity contribution in [1.29, 1.82) is 0 Å². The molecule has 0 saturated heterocycles. The molecule has 1 amide bonds. The summed E-state index contributed by atoms with van der Waals surface area (Å²) >= 11 is 14.9. The number of hydrogen-bond acceptors (Lipinski definition) is 10. The summed E-state index contributed by atoms with van der Waals surface area (Å²) in [4.78, 5) is 47.0. The first-order chi connectivity index (χ1) is 38.3. The lowest BCUT2D eigenvalue weighted by Crippen LogP contribution is -2.48. The molecule has 13 heteroatoms. The number of Topliss-reactive ketones (excluding diaryl/α,β-unsaturated/α-hetero) is 1. The molecule has 2 atom stereocenters. The molecular formula is C67H68Cl2N2O9. The number of allylic oxidation sites excluding steroid dienone is 2. The first kappa shape index (κ1) is 55.0. The Bertz CT molecular complexity index is 3500. The van der Waals surface area contributed by atoms with Gasteiger partial charge in [-0.2, -0.15) is 0 Å². The van der Waals surface area contributed by atoms with Gasteiger partial charge in [0.1, 0.15) is 28.6 Å². The first-order valence-electron chi connectivity index (χ1n) is 27.7. The van der Waals surface area contributed by atoms with Crippen molar-refractivity contribution >= 4 is 63.4 Å². The minimum atomic E-state index is -1.64. The van der Waals surface area contributed by atoms with Gasteiger partial charge in [0.15, 0.2) is 11.4 Å². The van der Waals surface area contributed by atoms with Crippen LogP contribution in [0.5, 0.6) is 23.0 Å². The minimum absolute atomic E-state index is 0.0131. The Morgan fingerprint density at radius 2 is 1.41 bits per heavy atom. The summed E-state index contributed by atoms with van der Waals surface area (Å²) in [6, 6.07) is 33.3. The number of nitrogens with zero attached hydrogens (tertiary/aromatic N) is 2. The topological polar surface area (TPSA) is 124 Å². The Morgan fingerprint density at radius 1 is 0.787 bits per heavy atom. The normalized spacial score (nSPS) is 18.4. The molecule has 5 heterocycles. The molecule has 5 aliphatic heterocycles. The maximum atomic E-state index is 14.9. The predicted octanol–water partition coefficient (Wildman–Crippen LogP) is 14.8. The number of hydrogen-bond donors (Lipinski definition) is 1. The maximum absolute atomic E-state index is 14.9. The second-order valence-corrected chi connectivity index (χ2v) is 23.9. The summed E-state index contributed by atoms with van der Waals surface area (Å²) < 4.78 is 32.2. The number of aliphatic hydroxyl groups excluding tert-OH is 1. The third kappa shape index (κ3) is 8.91. The third-order valence-corrected chi connectivity index (χ3v) is 17.8. The van der Waals surface area contributed by atoms with Crippen LogP contribution in [0.15, 0.2) is 115 Å². The van der Waals surface area contributed by atoms with Crippen molar-refractivity contribution in [3.63, 3.8) is 0 Å². The molecule has 11 rings (SSSR count). The van der Waals surface area contributed by atoms with Gasteiger partial charge in [0, 0.05) is 77.4 Å². The SMILES string of the molecule is COc1ccc(C(OCC(CO)CCCCCC(=O)c2cc(Cl)c3c(c2Cl)C(=O)OC32c3cc4c(cc3Oc3c2cc2c5c3CCCN5C(C)(C)C=C2C)N(C(C)=O)C(C)(C)C=C4C)(c2ccccc2)c2ccc(OC)cc2)cc1. The van der Waals surface area contributed by atoms with Gasteiger partial charge in [0.2, 0.25) is 5.91 Å². The van der Waals surface area contributed by atoms with Crippen LogP contribution in [-0.4, -0.2) is 67.8 Å². The molecule has 5 aliphatic rings. The molecule has 0 aromatic heterocycles. The van der Waals surface area contributed by atoms with Crippen LogP contribution in [0.4, 0.5) is 11.4 Å². The highest BCUT2D eigenvalue weighted by Crippen LogP contribution is 2.64. The highest BCUT2D eigenvalue weighted by Gasteiger charge is 2.58. The van der Waals surface area contributed by atoms with Crippen LogP contribution in [0.2, 0.25) is 10.0 Å². The number of anilines is 2. The van der Waals surface area contributed by atoms with Gasteiger partial charge in [-0.15, -0.1) is 0 Å². The van der Waals surface area contributed by atoms with E-state index in [-0.39, 0.29) is 64.0 Å². The number of amides is 1. The number of rotatable bonds is 16. The fourth-order valence-electron chi connectivity index (χ4n) is 13.5. The van der Waals surface area contributed by atoms with Crippen LogP contribution in [0.1, 0.15) is 158 Å². The van der Waals surface area contributed by atoms with E-state index in [1.165, 1.54) is 0 Å². The molecule has 2 unspecified atom stereocenters. The number of esters is 1. The van der Waals surface area contributed by atoms with Crippen LogP contribution in [-0.2, 0) is 31.9 Å². The lowest BCUT2D eigenvalue weighted by molar-refractivity contribution is -0.117. The predicted molar refractivity (Wildman–Crippen MR) is 315 cm³/mol. The quantitative estimate of drug-likeness (QED) is 0.0434. The number of benzene rings is 6. The van der Waals surface area contributed by atoms with Crippen LogP contribution in [0, 0.1) is 5.92 Å². The Labute approximate surface area is 479 Å². The van der Waals surface area contributed by atoms with E-state index in [1.807, 2.05) is 112 Å². The van der Waals surface area contributed by atoms with Crippen molar-refractivity contribution < 1.29 is 43.2 Å². The highest BCUT2D eigenvalue weighted by molar-refractivity contribution is 6.40. The van der Waals surface area contributed by atoms with Gasteiger partial charge < -0.3 is 38.6 Å². The zero-order valence-electron chi connectivity index (χ0n) is 47.0. The number of methoxy groups -OCH3 is 2. The van der Waals surface area contributed by atoms with Crippen LogP contribution in [0.3, 0.4) is 0 Å². The highest BCUT2D eigenvalue weighted by atomic mass is 35.5. The summed E-state index contributed by atoms with van der Waals surface area (Å²) in [5, 5.41) is 10.9. The second-order valence-electron chi connectivity index (χ2n) is 23.1. The first-order valence-corrected chi connectivity index (χ1v) is 28.5. The average Bonchev–Trinajstić information content (AvgIpc) is 3.94. The molecule has 0 bridgehead atoms. The maximum Gasteiger partial charge on any atom is 0.341 e. The molecule has 0 saturated carbocycles. The van der Waals surface area contributed by atoms with E-state index < -0.39 is 22.7 Å². The van der Waals surface area contributed by atoms with Crippen molar-refractivity contribution in [3.8, 4) is 23.0 Å². The Kier molecular flexibility index (Phi) is 14.4. The van der Waals surface area contributed by atoms with Crippen molar-refractivity contribution in [2.45, 2.75) is 116 Å². The second kappa shape index (κ2) is 20.9. The number of carbonyl (C=O) groups is 3. The molecule has 1 N–H and O–H groups in total. The van der Waals surface area contributed by atoms with Gasteiger partial charge in [-0.1, -0.05) is 103 Å². The zero-order chi connectivity index (χ0) is 56.6. The monoisotopic (exact) mass is 1110 g/mol. The van der Waals surface area contributed by atoms with E-state index in [2.05, 4.69) is 43.9 Å². The molecule has 6 aromatic rings. The van der Waals surface area contributed by atoms with Gasteiger partial charge in [-0.3, -0.25) is 9.59 Å². The lowest BCUT2D eigenvalue weighted by atomic mass is 9.72. The van der Waals surface area contributed by atoms with Gasteiger partial charge >= 0.3 is 5.97 Å².